The van der Waals surface area contributed by atoms with Gasteiger partial charge in [-0.2, -0.15) is 0 Å². The fourth-order valence-electron chi connectivity index (χ4n) is 2.17. The smallest absolute Gasteiger partial charge is 0.178 e. The van der Waals surface area contributed by atoms with Gasteiger partial charge in [-0.1, -0.05) is 38.8 Å². The van der Waals surface area contributed by atoms with E-state index in [1.165, 1.54) is 0 Å². The lowest BCUT2D eigenvalue weighted by atomic mass is 10.1. The first-order chi connectivity index (χ1) is 9.44. The standard InChI is InChI=1S/C15H25NO3S/c1-3-12(4-2)11-20(18,19)14-7-5-6-13(10-14)15(17)8-9-16/h5-7,10,12,15,17H,3-4,8-9,11,16H2,1-2H3. The molecule has 5 heteroatoms. The van der Waals surface area contributed by atoms with Crippen molar-refractivity contribution in [2.75, 3.05) is 12.3 Å². The van der Waals surface area contributed by atoms with Gasteiger partial charge in [0.05, 0.1) is 16.8 Å². The van der Waals surface area contributed by atoms with Crippen molar-refractivity contribution in [3.05, 3.63) is 29.8 Å². The number of rotatable bonds is 8. The maximum atomic E-state index is 12.4. The zero-order valence-corrected chi connectivity index (χ0v) is 13.1. The normalized spacial score (nSPS) is 13.7. The van der Waals surface area contributed by atoms with Gasteiger partial charge in [-0.3, -0.25) is 0 Å². The van der Waals surface area contributed by atoms with Crippen LogP contribution < -0.4 is 5.73 Å². The molecule has 0 radical (unpaired) electrons. The summed E-state index contributed by atoms with van der Waals surface area (Å²) in [6, 6.07) is 6.57. The van der Waals surface area contributed by atoms with Crippen LogP contribution in [0.25, 0.3) is 0 Å². The number of nitrogens with two attached hydrogens (primary N) is 1. The van der Waals surface area contributed by atoms with Gasteiger partial charge in [0.15, 0.2) is 9.84 Å². The van der Waals surface area contributed by atoms with Crippen LogP contribution in [0.2, 0.25) is 0 Å². The quantitative estimate of drug-likeness (QED) is 0.771. The predicted molar refractivity (Wildman–Crippen MR) is 81.2 cm³/mol. The van der Waals surface area contributed by atoms with E-state index in [2.05, 4.69) is 0 Å². The fourth-order valence-corrected chi connectivity index (χ4v) is 4.06. The van der Waals surface area contributed by atoms with Crippen molar-refractivity contribution in [2.45, 2.75) is 44.1 Å². The van der Waals surface area contributed by atoms with Crippen molar-refractivity contribution in [3.8, 4) is 0 Å². The van der Waals surface area contributed by atoms with E-state index in [4.69, 9.17) is 5.73 Å². The summed E-state index contributed by atoms with van der Waals surface area (Å²) in [6.07, 6.45) is 1.43. The Morgan fingerprint density at radius 3 is 2.45 bits per heavy atom. The lowest BCUT2D eigenvalue weighted by molar-refractivity contribution is 0.170. The van der Waals surface area contributed by atoms with E-state index in [1.807, 2.05) is 13.8 Å². The summed E-state index contributed by atoms with van der Waals surface area (Å²) in [4.78, 5) is 0.290. The molecule has 0 spiro atoms. The minimum atomic E-state index is -3.30. The highest BCUT2D eigenvalue weighted by Crippen LogP contribution is 2.23. The van der Waals surface area contributed by atoms with Gasteiger partial charge in [-0.15, -0.1) is 0 Å². The largest absolute Gasteiger partial charge is 0.388 e. The molecular weight excluding hydrogens is 274 g/mol. The van der Waals surface area contributed by atoms with Gasteiger partial charge < -0.3 is 10.8 Å². The molecule has 0 saturated carbocycles. The summed E-state index contributed by atoms with van der Waals surface area (Å²) in [5, 5.41) is 9.91. The van der Waals surface area contributed by atoms with Crippen molar-refractivity contribution in [3.63, 3.8) is 0 Å². The topological polar surface area (TPSA) is 80.4 Å². The molecule has 4 nitrogen and oxygen atoms in total. The van der Waals surface area contributed by atoms with Crippen molar-refractivity contribution >= 4 is 9.84 Å². The molecule has 0 aliphatic heterocycles. The molecule has 0 fully saturated rings. The van der Waals surface area contributed by atoms with Crippen LogP contribution in [0.15, 0.2) is 29.2 Å². The van der Waals surface area contributed by atoms with Gasteiger partial charge in [0.25, 0.3) is 0 Å². The van der Waals surface area contributed by atoms with Gasteiger partial charge in [0, 0.05) is 0 Å². The molecule has 0 aliphatic carbocycles. The van der Waals surface area contributed by atoms with E-state index in [0.29, 0.717) is 18.5 Å². The number of hydrogen-bond donors (Lipinski definition) is 2. The minimum absolute atomic E-state index is 0.163. The minimum Gasteiger partial charge on any atom is -0.388 e. The number of aliphatic hydroxyl groups excluding tert-OH is 1. The molecule has 1 aromatic rings. The molecule has 0 bridgehead atoms. The number of benzene rings is 1. The summed E-state index contributed by atoms with van der Waals surface area (Å²) in [5.41, 5.74) is 6.03. The van der Waals surface area contributed by atoms with Crippen LogP contribution in [0.4, 0.5) is 0 Å². The highest BCUT2D eigenvalue weighted by atomic mass is 32.2. The zero-order valence-electron chi connectivity index (χ0n) is 12.2. The van der Waals surface area contributed by atoms with Gasteiger partial charge in [0.2, 0.25) is 0 Å². The fraction of sp³-hybridized carbons (Fsp3) is 0.600. The van der Waals surface area contributed by atoms with E-state index in [1.54, 1.807) is 24.3 Å². The third-order valence-electron chi connectivity index (χ3n) is 3.65. The van der Waals surface area contributed by atoms with E-state index >= 15 is 0 Å². The van der Waals surface area contributed by atoms with E-state index < -0.39 is 15.9 Å². The van der Waals surface area contributed by atoms with Crippen molar-refractivity contribution < 1.29 is 13.5 Å². The van der Waals surface area contributed by atoms with Crippen LogP contribution in [0.5, 0.6) is 0 Å². The van der Waals surface area contributed by atoms with Gasteiger partial charge in [-0.05, 0) is 36.6 Å². The molecule has 0 amide bonds. The van der Waals surface area contributed by atoms with E-state index in [0.717, 1.165) is 12.8 Å². The summed E-state index contributed by atoms with van der Waals surface area (Å²) >= 11 is 0. The van der Waals surface area contributed by atoms with E-state index in [9.17, 15) is 13.5 Å². The SMILES string of the molecule is CCC(CC)CS(=O)(=O)c1cccc(C(O)CCN)c1. The Kier molecular flexibility index (Phi) is 6.65. The summed E-state index contributed by atoms with van der Waals surface area (Å²) < 4.78 is 24.8. The van der Waals surface area contributed by atoms with Gasteiger partial charge in [-0.25, -0.2) is 8.42 Å². The van der Waals surface area contributed by atoms with Crippen molar-refractivity contribution in [1.29, 1.82) is 0 Å². The number of aliphatic hydroxyl groups is 1. The van der Waals surface area contributed by atoms with Crippen LogP contribution in [-0.2, 0) is 9.84 Å². The lowest BCUT2D eigenvalue weighted by Gasteiger charge is -2.14. The van der Waals surface area contributed by atoms with Crippen LogP contribution in [-0.4, -0.2) is 25.8 Å². The first-order valence-corrected chi connectivity index (χ1v) is 8.80. The zero-order chi connectivity index (χ0) is 15.2. The van der Waals surface area contributed by atoms with Crippen molar-refractivity contribution in [2.24, 2.45) is 11.7 Å². The molecule has 1 aromatic carbocycles. The van der Waals surface area contributed by atoms with Crippen LogP contribution in [0.1, 0.15) is 44.8 Å². The molecular formula is C15H25NO3S. The molecule has 0 aromatic heterocycles. The third-order valence-corrected chi connectivity index (χ3v) is 5.53. The average Bonchev–Trinajstić information content (AvgIpc) is 2.45. The Hall–Kier alpha value is -0.910. The molecule has 1 atom stereocenters. The summed E-state index contributed by atoms with van der Waals surface area (Å²) in [5.74, 6) is 0.341. The Morgan fingerprint density at radius 1 is 1.25 bits per heavy atom. The predicted octanol–water partition coefficient (Wildman–Crippen LogP) is 2.28. The highest BCUT2D eigenvalue weighted by Gasteiger charge is 2.20. The monoisotopic (exact) mass is 299 g/mol. The molecule has 1 unspecified atom stereocenters. The molecule has 3 N–H and O–H groups in total. The first kappa shape index (κ1) is 17.1. The van der Waals surface area contributed by atoms with E-state index in [-0.39, 0.29) is 16.6 Å². The number of sulfone groups is 1. The third kappa shape index (κ3) is 4.58. The molecule has 114 valence electrons. The van der Waals surface area contributed by atoms with Gasteiger partial charge in [0.1, 0.15) is 0 Å². The average molecular weight is 299 g/mol. The molecule has 0 heterocycles. The number of hydrogen-bond acceptors (Lipinski definition) is 4. The molecule has 20 heavy (non-hydrogen) atoms. The van der Waals surface area contributed by atoms with Crippen LogP contribution in [0.3, 0.4) is 0 Å². The Labute approximate surface area is 121 Å². The Morgan fingerprint density at radius 2 is 1.90 bits per heavy atom. The summed E-state index contributed by atoms with van der Waals surface area (Å²) in [6.45, 7) is 4.38. The van der Waals surface area contributed by atoms with Crippen LogP contribution >= 0.6 is 0 Å². The molecule has 1 rings (SSSR count). The maximum Gasteiger partial charge on any atom is 0.178 e. The second-order valence-corrected chi connectivity index (χ2v) is 7.16. The molecule has 0 aliphatic rings. The highest BCUT2D eigenvalue weighted by molar-refractivity contribution is 7.91. The Bertz CT molecular complexity index is 510. The first-order valence-electron chi connectivity index (χ1n) is 7.15. The van der Waals surface area contributed by atoms with Crippen LogP contribution in [0, 0.1) is 5.92 Å². The second kappa shape index (κ2) is 7.76. The lowest BCUT2D eigenvalue weighted by Crippen LogP contribution is -2.16. The second-order valence-electron chi connectivity index (χ2n) is 5.13. The Balaban J connectivity index is 2.98. The summed E-state index contributed by atoms with van der Waals surface area (Å²) in [7, 11) is -3.30. The van der Waals surface area contributed by atoms with Gasteiger partial charge >= 0.3 is 0 Å². The molecule has 0 saturated heterocycles. The maximum absolute atomic E-state index is 12.4. The van der Waals surface area contributed by atoms with Crippen molar-refractivity contribution in [1.82, 2.24) is 0 Å².